The molecule has 252 valence electrons. The third-order valence-electron chi connectivity index (χ3n) is 10.6. The maximum absolute atomic E-state index is 2.39. The summed E-state index contributed by atoms with van der Waals surface area (Å²) in [5.41, 5.74) is 15.0. The lowest BCUT2D eigenvalue weighted by Gasteiger charge is -2.29. The standard InChI is InChI=1S/C50H42N2/c1-33(2)35-13-11-19-43(25-35)51(41-15-7-5-8-16-41)45-23-21-37-29-47-49(31-39(37)27-45)48-30-38-22-24-46(28-40(38)32-50(47)48)52(42-17-9-6-10-18-42)44-20-12-14-36(26-44)34(3)4/h5-34H,1-4H3. The van der Waals surface area contributed by atoms with Crippen LogP contribution in [0.1, 0.15) is 50.7 Å². The normalized spacial score (nSPS) is 11.8. The minimum atomic E-state index is 0.459. The Balaban J connectivity index is 1.10. The molecule has 8 aromatic carbocycles. The van der Waals surface area contributed by atoms with E-state index in [0.717, 1.165) is 22.7 Å². The van der Waals surface area contributed by atoms with E-state index < -0.39 is 0 Å². The van der Waals surface area contributed by atoms with E-state index in [1.165, 1.54) is 66.3 Å². The van der Waals surface area contributed by atoms with Crippen LogP contribution in [0.3, 0.4) is 0 Å². The van der Waals surface area contributed by atoms with E-state index in [4.69, 9.17) is 0 Å². The van der Waals surface area contributed by atoms with Crippen molar-refractivity contribution in [3.63, 3.8) is 0 Å². The molecule has 0 saturated carbocycles. The van der Waals surface area contributed by atoms with Crippen molar-refractivity contribution >= 4 is 55.7 Å². The van der Waals surface area contributed by atoms with Gasteiger partial charge in [0.1, 0.15) is 0 Å². The first-order valence-electron chi connectivity index (χ1n) is 18.5. The second kappa shape index (κ2) is 12.9. The van der Waals surface area contributed by atoms with Crippen LogP contribution in [0.2, 0.25) is 0 Å². The average Bonchev–Trinajstić information content (AvgIpc) is 3.18. The van der Waals surface area contributed by atoms with Gasteiger partial charge in [0.2, 0.25) is 0 Å². The van der Waals surface area contributed by atoms with Gasteiger partial charge in [-0.15, -0.1) is 0 Å². The molecule has 8 aromatic rings. The Morgan fingerprint density at radius 2 is 0.635 bits per heavy atom. The molecule has 0 spiro atoms. The van der Waals surface area contributed by atoms with Crippen molar-refractivity contribution in [3.05, 3.63) is 181 Å². The van der Waals surface area contributed by atoms with Gasteiger partial charge in [0, 0.05) is 34.1 Å². The van der Waals surface area contributed by atoms with Crippen LogP contribution < -0.4 is 9.80 Å². The summed E-state index contributed by atoms with van der Waals surface area (Å²) in [5.74, 6) is 0.917. The van der Waals surface area contributed by atoms with E-state index in [2.05, 4.69) is 207 Å². The molecular formula is C50H42N2. The summed E-state index contributed by atoms with van der Waals surface area (Å²) < 4.78 is 0. The molecule has 0 unspecified atom stereocenters. The molecule has 0 bridgehead atoms. The van der Waals surface area contributed by atoms with E-state index in [0.29, 0.717) is 11.8 Å². The number of fused-ring (bicyclic) bond motifs is 6. The third-order valence-corrected chi connectivity index (χ3v) is 10.6. The van der Waals surface area contributed by atoms with Crippen LogP contribution in [-0.4, -0.2) is 0 Å². The number of hydrogen-bond acceptors (Lipinski definition) is 2. The molecule has 0 aliphatic heterocycles. The second-order valence-corrected chi connectivity index (χ2v) is 14.7. The van der Waals surface area contributed by atoms with E-state index in [-0.39, 0.29) is 0 Å². The molecule has 0 radical (unpaired) electrons. The van der Waals surface area contributed by atoms with Gasteiger partial charge in [0.25, 0.3) is 0 Å². The van der Waals surface area contributed by atoms with Gasteiger partial charge in [-0.1, -0.05) is 100 Å². The number of rotatable bonds is 8. The molecule has 0 aromatic heterocycles. The molecule has 0 saturated heterocycles. The van der Waals surface area contributed by atoms with Crippen LogP contribution in [0.15, 0.2) is 170 Å². The highest BCUT2D eigenvalue weighted by Gasteiger charge is 2.25. The van der Waals surface area contributed by atoms with Gasteiger partial charge < -0.3 is 9.80 Å². The summed E-state index contributed by atoms with van der Waals surface area (Å²) in [6, 6.07) is 62.7. The van der Waals surface area contributed by atoms with Crippen molar-refractivity contribution in [1.82, 2.24) is 0 Å². The van der Waals surface area contributed by atoms with Gasteiger partial charge in [0.15, 0.2) is 0 Å². The van der Waals surface area contributed by atoms with Crippen molar-refractivity contribution in [2.24, 2.45) is 0 Å². The number of para-hydroxylation sites is 2. The molecule has 0 atom stereocenters. The third kappa shape index (κ3) is 5.61. The van der Waals surface area contributed by atoms with Crippen LogP contribution in [0, 0.1) is 0 Å². The van der Waals surface area contributed by atoms with Gasteiger partial charge in [-0.25, -0.2) is 0 Å². The van der Waals surface area contributed by atoms with E-state index in [9.17, 15) is 0 Å². The van der Waals surface area contributed by atoms with Crippen molar-refractivity contribution < 1.29 is 0 Å². The first-order chi connectivity index (χ1) is 25.4. The van der Waals surface area contributed by atoms with E-state index >= 15 is 0 Å². The number of anilines is 6. The zero-order chi connectivity index (χ0) is 35.3. The maximum Gasteiger partial charge on any atom is 0.0468 e. The summed E-state index contributed by atoms with van der Waals surface area (Å²) in [5, 5.41) is 5.01. The molecule has 1 aliphatic rings. The lowest BCUT2D eigenvalue weighted by Crippen LogP contribution is -2.10. The predicted molar refractivity (Wildman–Crippen MR) is 223 cm³/mol. The molecule has 2 heteroatoms. The number of nitrogens with zero attached hydrogens (tertiary/aromatic N) is 2. The van der Waals surface area contributed by atoms with Crippen LogP contribution in [0.5, 0.6) is 0 Å². The summed E-state index contributed by atoms with van der Waals surface area (Å²) in [6.07, 6.45) is 0. The first kappa shape index (κ1) is 31.8. The molecule has 0 N–H and O–H groups in total. The molecule has 0 amide bonds. The van der Waals surface area contributed by atoms with E-state index in [1.54, 1.807) is 0 Å². The first-order valence-corrected chi connectivity index (χ1v) is 18.5. The van der Waals surface area contributed by atoms with Gasteiger partial charge in [0.05, 0.1) is 0 Å². The van der Waals surface area contributed by atoms with Gasteiger partial charge >= 0.3 is 0 Å². The molecule has 2 nitrogen and oxygen atoms in total. The number of hydrogen-bond donors (Lipinski definition) is 0. The fourth-order valence-corrected chi connectivity index (χ4v) is 7.77. The van der Waals surface area contributed by atoms with Crippen LogP contribution in [0.25, 0.3) is 43.8 Å². The quantitative estimate of drug-likeness (QED) is 0.159. The second-order valence-electron chi connectivity index (χ2n) is 14.7. The van der Waals surface area contributed by atoms with Gasteiger partial charge in [-0.2, -0.15) is 0 Å². The molecule has 1 aliphatic carbocycles. The Bertz CT molecular complexity index is 2390. The summed E-state index contributed by atoms with van der Waals surface area (Å²) in [4.78, 5) is 4.75. The Hall–Kier alpha value is -6.12. The van der Waals surface area contributed by atoms with Crippen LogP contribution in [-0.2, 0) is 0 Å². The smallest absolute Gasteiger partial charge is 0.0468 e. The predicted octanol–water partition coefficient (Wildman–Crippen LogP) is 14.8. The zero-order valence-corrected chi connectivity index (χ0v) is 30.2. The molecule has 0 heterocycles. The number of benzene rings is 8. The van der Waals surface area contributed by atoms with Crippen molar-refractivity contribution in [1.29, 1.82) is 0 Å². The SMILES string of the molecule is CC(C)c1cccc(N(c2ccccc2)c2ccc3cc4c(cc3c2)-c2cc3ccc(N(c5ccccc5)c5cccc(C(C)C)c5)cc3cc2-4)c1. The summed E-state index contributed by atoms with van der Waals surface area (Å²) >= 11 is 0. The highest BCUT2D eigenvalue weighted by atomic mass is 15.1. The highest BCUT2D eigenvalue weighted by molar-refractivity contribution is 6.12. The largest absolute Gasteiger partial charge is 0.310 e. The molecule has 52 heavy (non-hydrogen) atoms. The fraction of sp³-hybridized carbons (Fsp3) is 0.120. The monoisotopic (exact) mass is 670 g/mol. The summed E-state index contributed by atoms with van der Waals surface area (Å²) in [6.45, 7) is 9.02. The fourth-order valence-electron chi connectivity index (χ4n) is 7.77. The molecule has 9 rings (SSSR count). The molecular weight excluding hydrogens is 629 g/mol. The van der Waals surface area contributed by atoms with Crippen LogP contribution in [0.4, 0.5) is 34.1 Å². The van der Waals surface area contributed by atoms with Crippen molar-refractivity contribution in [3.8, 4) is 22.3 Å². The minimum Gasteiger partial charge on any atom is -0.310 e. The highest BCUT2D eigenvalue weighted by Crippen LogP contribution is 2.51. The lowest BCUT2D eigenvalue weighted by molar-refractivity contribution is 0.866. The van der Waals surface area contributed by atoms with Crippen LogP contribution >= 0.6 is 0 Å². The Morgan fingerprint density at radius 3 is 1.02 bits per heavy atom. The maximum atomic E-state index is 2.39. The summed E-state index contributed by atoms with van der Waals surface area (Å²) in [7, 11) is 0. The lowest BCUT2D eigenvalue weighted by atomic mass is 9.78. The topological polar surface area (TPSA) is 6.48 Å². The average molecular weight is 671 g/mol. The Morgan fingerprint density at radius 1 is 0.288 bits per heavy atom. The van der Waals surface area contributed by atoms with Gasteiger partial charge in [-0.3, -0.25) is 0 Å². The molecule has 0 fully saturated rings. The Labute approximate surface area is 307 Å². The minimum absolute atomic E-state index is 0.459. The van der Waals surface area contributed by atoms with Crippen molar-refractivity contribution in [2.75, 3.05) is 9.80 Å². The Kier molecular flexibility index (Phi) is 7.89. The van der Waals surface area contributed by atoms with Gasteiger partial charge in [-0.05, 0) is 164 Å². The van der Waals surface area contributed by atoms with E-state index in [1.807, 2.05) is 0 Å². The van der Waals surface area contributed by atoms with Crippen molar-refractivity contribution in [2.45, 2.75) is 39.5 Å². The zero-order valence-electron chi connectivity index (χ0n) is 30.2.